The number of nitrogens with one attached hydrogen (secondary N) is 1. The Morgan fingerprint density at radius 1 is 1.29 bits per heavy atom. The van der Waals surface area contributed by atoms with Gasteiger partial charge in [0.05, 0.1) is 0 Å². The zero-order chi connectivity index (χ0) is 12.4. The van der Waals surface area contributed by atoms with E-state index in [1.807, 2.05) is 0 Å². The van der Waals surface area contributed by atoms with Gasteiger partial charge in [-0.3, -0.25) is 0 Å². The van der Waals surface area contributed by atoms with Crippen LogP contribution in [0.25, 0.3) is 0 Å². The Bertz CT molecular complexity index is 387. The van der Waals surface area contributed by atoms with E-state index in [0.717, 1.165) is 6.54 Å². The molecular weight excluding hydrogens is 208 g/mol. The van der Waals surface area contributed by atoms with Gasteiger partial charge >= 0.3 is 0 Å². The first-order valence-corrected chi connectivity index (χ1v) is 6.63. The zero-order valence-electron chi connectivity index (χ0n) is 11.5. The molecule has 0 spiro atoms. The number of rotatable bonds is 2. The summed E-state index contributed by atoms with van der Waals surface area (Å²) in [5, 5.41) is 3.40. The van der Waals surface area contributed by atoms with Gasteiger partial charge in [-0.15, -0.1) is 0 Å². The highest BCUT2D eigenvalue weighted by atomic mass is 15.2. The molecule has 1 aromatic carbocycles. The predicted molar refractivity (Wildman–Crippen MR) is 74.8 cm³/mol. The van der Waals surface area contributed by atoms with Crippen LogP contribution in [0.1, 0.15) is 30.9 Å². The van der Waals surface area contributed by atoms with Gasteiger partial charge < -0.3 is 10.2 Å². The number of piperidine rings is 1. The molecule has 0 aliphatic carbocycles. The van der Waals surface area contributed by atoms with Crippen molar-refractivity contribution < 1.29 is 0 Å². The first-order valence-electron chi connectivity index (χ1n) is 6.63. The summed E-state index contributed by atoms with van der Waals surface area (Å²) in [7, 11) is 2.07. The predicted octanol–water partition coefficient (Wildman–Crippen LogP) is 2.88. The van der Waals surface area contributed by atoms with E-state index in [1.165, 1.54) is 29.7 Å². The lowest BCUT2D eigenvalue weighted by Crippen LogP contribution is -2.46. The van der Waals surface area contributed by atoms with E-state index in [2.05, 4.69) is 56.2 Å². The fourth-order valence-electron chi connectivity index (χ4n) is 2.92. The summed E-state index contributed by atoms with van der Waals surface area (Å²) in [5.74, 6) is 0. The first kappa shape index (κ1) is 12.4. The molecule has 1 saturated heterocycles. The maximum atomic E-state index is 3.40. The summed E-state index contributed by atoms with van der Waals surface area (Å²) in [6, 6.07) is 8.10. The zero-order valence-corrected chi connectivity index (χ0v) is 11.5. The lowest BCUT2D eigenvalue weighted by atomic mass is 9.96. The molecule has 1 heterocycles. The normalized spacial score (nSPS) is 25.1. The second-order valence-electron chi connectivity index (χ2n) is 5.34. The highest BCUT2D eigenvalue weighted by molar-refractivity contribution is 5.55. The minimum atomic E-state index is 0.627. The maximum Gasteiger partial charge on any atom is 0.0398 e. The molecule has 0 amide bonds. The molecule has 2 unspecified atom stereocenters. The molecule has 1 fully saturated rings. The Hall–Kier alpha value is -1.02. The van der Waals surface area contributed by atoms with E-state index in [1.54, 1.807) is 0 Å². The smallest absolute Gasteiger partial charge is 0.0398 e. The van der Waals surface area contributed by atoms with Gasteiger partial charge in [0.15, 0.2) is 0 Å². The Balaban J connectivity index is 2.17. The molecule has 2 rings (SSSR count). The topological polar surface area (TPSA) is 15.3 Å². The summed E-state index contributed by atoms with van der Waals surface area (Å²) in [6.45, 7) is 7.88. The van der Waals surface area contributed by atoms with Crippen LogP contribution in [0.4, 0.5) is 5.69 Å². The average molecular weight is 232 g/mol. The second kappa shape index (κ2) is 5.09. The number of benzene rings is 1. The molecule has 2 heteroatoms. The lowest BCUT2D eigenvalue weighted by Gasteiger charge is -2.40. The highest BCUT2D eigenvalue weighted by Gasteiger charge is 2.25. The number of anilines is 1. The Morgan fingerprint density at radius 2 is 2.06 bits per heavy atom. The summed E-state index contributed by atoms with van der Waals surface area (Å²) in [5.41, 5.74) is 4.17. The van der Waals surface area contributed by atoms with Gasteiger partial charge in [-0.05, 0) is 52.3 Å². The van der Waals surface area contributed by atoms with Crippen LogP contribution in [0.3, 0.4) is 0 Å². The molecule has 0 radical (unpaired) electrons. The van der Waals surface area contributed by atoms with Crippen molar-refractivity contribution in [1.29, 1.82) is 0 Å². The van der Waals surface area contributed by atoms with Crippen molar-refractivity contribution in [1.82, 2.24) is 5.32 Å². The van der Waals surface area contributed by atoms with E-state index in [-0.39, 0.29) is 0 Å². The van der Waals surface area contributed by atoms with Crippen LogP contribution in [-0.4, -0.2) is 25.7 Å². The van der Waals surface area contributed by atoms with Gasteiger partial charge in [-0.2, -0.15) is 0 Å². The van der Waals surface area contributed by atoms with E-state index >= 15 is 0 Å². The average Bonchev–Trinajstić information content (AvgIpc) is 2.30. The van der Waals surface area contributed by atoms with E-state index in [0.29, 0.717) is 12.1 Å². The van der Waals surface area contributed by atoms with Gasteiger partial charge in [-0.1, -0.05) is 17.7 Å². The van der Waals surface area contributed by atoms with Crippen molar-refractivity contribution >= 4 is 5.69 Å². The van der Waals surface area contributed by atoms with Crippen LogP contribution >= 0.6 is 0 Å². The van der Waals surface area contributed by atoms with Crippen LogP contribution in [0, 0.1) is 13.8 Å². The van der Waals surface area contributed by atoms with Crippen molar-refractivity contribution in [3.05, 3.63) is 29.3 Å². The molecule has 1 aliphatic heterocycles. The summed E-state index contributed by atoms with van der Waals surface area (Å²) >= 11 is 0. The Kier molecular flexibility index (Phi) is 3.72. The highest BCUT2D eigenvalue weighted by Crippen LogP contribution is 2.28. The van der Waals surface area contributed by atoms with E-state index < -0.39 is 0 Å². The SMILES string of the molecule is CNC1CCN(c2ccc(C)cc2C)C(C)C1. The molecule has 0 saturated carbocycles. The Labute approximate surface area is 105 Å². The molecule has 0 bridgehead atoms. The van der Waals surface area contributed by atoms with Crippen molar-refractivity contribution in [2.75, 3.05) is 18.5 Å². The van der Waals surface area contributed by atoms with Gasteiger partial charge in [0, 0.05) is 24.3 Å². The summed E-state index contributed by atoms with van der Waals surface area (Å²) in [6.07, 6.45) is 2.48. The fraction of sp³-hybridized carbons (Fsp3) is 0.600. The first-order chi connectivity index (χ1) is 8.11. The van der Waals surface area contributed by atoms with Crippen molar-refractivity contribution in [3.8, 4) is 0 Å². The fourth-order valence-corrected chi connectivity index (χ4v) is 2.92. The van der Waals surface area contributed by atoms with Crippen LogP contribution < -0.4 is 10.2 Å². The minimum absolute atomic E-state index is 0.627. The van der Waals surface area contributed by atoms with Gasteiger partial charge in [-0.25, -0.2) is 0 Å². The third kappa shape index (κ3) is 2.63. The minimum Gasteiger partial charge on any atom is -0.368 e. The number of hydrogen-bond acceptors (Lipinski definition) is 2. The van der Waals surface area contributed by atoms with Crippen molar-refractivity contribution in [2.45, 2.75) is 45.7 Å². The molecular formula is C15H24N2. The largest absolute Gasteiger partial charge is 0.368 e. The molecule has 1 aromatic rings. The van der Waals surface area contributed by atoms with E-state index in [4.69, 9.17) is 0 Å². The standard InChI is InChI=1S/C15H24N2/c1-11-5-6-15(12(2)9-11)17-8-7-14(16-4)10-13(17)3/h5-6,9,13-14,16H,7-8,10H2,1-4H3. The van der Waals surface area contributed by atoms with Crippen LogP contribution in [0.5, 0.6) is 0 Å². The molecule has 17 heavy (non-hydrogen) atoms. The molecule has 2 atom stereocenters. The third-order valence-electron chi connectivity index (χ3n) is 3.95. The monoisotopic (exact) mass is 232 g/mol. The van der Waals surface area contributed by atoms with Crippen molar-refractivity contribution in [3.63, 3.8) is 0 Å². The Morgan fingerprint density at radius 3 is 2.65 bits per heavy atom. The summed E-state index contributed by atoms with van der Waals surface area (Å²) in [4.78, 5) is 2.56. The lowest BCUT2D eigenvalue weighted by molar-refractivity contribution is 0.387. The maximum absolute atomic E-state index is 3.40. The number of hydrogen-bond donors (Lipinski definition) is 1. The molecule has 0 aromatic heterocycles. The van der Waals surface area contributed by atoms with Crippen LogP contribution in [0.2, 0.25) is 0 Å². The van der Waals surface area contributed by atoms with Gasteiger partial charge in [0.2, 0.25) is 0 Å². The molecule has 94 valence electrons. The van der Waals surface area contributed by atoms with E-state index in [9.17, 15) is 0 Å². The molecule has 2 nitrogen and oxygen atoms in total. The van der Waals surface area contributed by atoms with Gasteiger partial charge in [0.25, 0.3) is 0 Å². The number of aryl methyl sites for hydroxylation is 2. The quantitative estimate of drug-likeness (QED) is 0.843. The molecule has 1 aliphatic rings. The van der Waals surface area contributed by atoms with Crippen LogP contribution in [0.15, 0.2) is 18.2 Å². The summed E-state index contributed by atoms with van der Waals surface area (Å²) < 4.78 is 0. The third-order valence-corrected chi connectivity index (χ3v) is 3.95. The number of nitrogens with zero attached hydrogens (tertiary/aromatic N) is 1. The van der Waals surface area contributed by atoms with Gasteiger partial charge in [0.1, 0.15) is 0 Å². The second-order valence-corrected chi connectivity index (χ2v) is 5.34. The van der Waals surface area contributed by atoms with Crippen LogP contribution in [-0.2, 0) is 0 Å². The molecule has 1 N–H and O–H groups in total. The van der Waals surface area contributed by atoms with Crippen molar-refractivity contribution in [2.24, 2.45) is 0 Å².